The van der Waals surface area contributed by atoms with E-state index >= 15 is 0 Å². The summed E-state index contributed by atoms with van der Waals surface area (Å²) in [7, 11) is 1.36. The summed E-state index contributed by atoms with van der Waals surface area (Å²) in [5.41, 5.74) is 1.28. The van der Waals surface area contributed by atoms with Crippen LogP contribution in [0.1, 0.15) is 10.4 Å². The third-order valence-corrected chi connectivity index (χ3v) is 2.39. The van der Waals surface area contributed by atoms with E-state index in [-0.39, 0.29) is 5.97 Å². The fraction of sp³-hybridized carbons (Fsp3) is 0.100. The van der Waals surface area contributed by atoms with Gasteiger partial charge in [0.1, 0.15) is 0 Å². The molecule has 4 heteroatoms. The van der Waals surface area contributed by atoms with Gasteiger partial charge in [0, 0.05) is 11.6 Å². The maximum Gasteiger partial charge on any atom is 0.338 e. The first-order valence-corrected chi connectivity index (χ1v) is 4.45. The maximum atomic E-state index is 11.4. The van der Waals surface area contributed by atoms with Crippen molar-refractivity contribution in [2.24, 2.45) is 0 Å². The second kappa shape index (κ2) is 3.35. The minimum Gasteiger partial charge on any atom is -0.465 e. The number of hydrogen-bond donors (Lipinski definition) is 1. The van der Waals surface area contributed by atoms with Gasteiger partial charge in [0.2, 0.25) is 0 Å². The Kier molecular flexibility index (Phi) is 2.17. The summed E-state index contributed by atoms with van der Waals surface area (Å²) in [5.74, 6) is -0.355. The second-order valence-corrected chi connectivity index (χ2v) is 3.26. The fourth-order valence-electron chi connectivity index (χ4n) is 1.41. The molecular formula is C10H8ClNO2. The van der Waals surface area contributed by atoms with Crippen LogP contribution in [-0.4, -0.2) is 18.1 Å². The Labute approximate surface area is 85.6 Å². The molecule has 0 saturated carbocycles. The lowest BCUT2D eigenvalue weighted by atomic mass is 10.1. The molecule has 0 bridgehead atoms. The number of halogens is 1. The number of esters is 1. The molecule has 0 saturated heterocycles. The van der Waals surface area contributed by atoms with Gasteiger partial charge in [0.15, 0.2) is 0 Å². The average molecular weight is 210 g/mol. The minimum absolute atomic E-state index is 0.355. The van der Waals surface area contributed by atoms with Crippen molar-refractivity contribution in [3.05, 3.63) is 35.0 Å². The number of rotatable bonds is 1. The standard InChI is InChI=1S/C10H8ClNO2/c1-14-10(13)7-2-3-8(11)9-6(7)4-5-12-9/h2-5,12H,1H3. The molecule has 0 aliphatic heterocycles. The number of ether oxygens (including phenoxy) is 1. The quantitative estimate of drug-likeness (QED) is 0.734. The van der Waals surface area contributed by atoms with Gasteiger partial charge < -0.3 is 9.72 Å². The molecule has 1 aromatic heterocycles. The van der Waals surface area contributed by atoms with Crippen molar-refractivity contribution in [3.8, 4) is 0 Å². The fourth-order valence-corrected chi connectivity index (χ4v) is 1.63. The summed E-state index contributed by atoms with van der Waals surface area (Å²) in [6, 6.07) is 5.13. The molecule has 1 N–H and O–H groups in total. The smallest absolute Gasteiger partial charge is 0.338 e. The van der Waals surface area contributed by atoms with E-state index in [1.807, 2.05) is 0 Å². The zero-order valence-electron chi connectivity index (χ0n) is 7.50. The molecular weight excluding hydrogens is 202 g/mol. The van der Waals surface area contributed by atoms with Gasteiger partial charge in [-0.05, 0) is 18.2 Å². The van der Waals surface area contributed by atoms with Gasteiger partial charge in [0.25, 0.3) is 0 Å². The SMILES string of the molecule is COC(=O)c1ccc(Cl)c2[nH]ccc12. The largest absolute Gasteiger partial charge is 0.465 e. The van der Waals surface area contributed by atoms with Crippen molar-refractivity contribution < 1.29 is 9.53 Å². The van der Waals surface area contributed by atoms with Gasteiger partial charge in [-0.3, -0.25) is 0 Å². The number of aromatic amines is 1. The van der Waals surface area contributed by atoms with E-state index in [0.29, 0.717) is 10.6 Å². The molecule has 1 aromatic carbocycles. The van der Waals surface area contributed by atoms with E-state index in [9.17, 15) is 4.79 Å². The number of H-pyrrole nitrogens is 1. The lowest BCUT2D eigenvalue weighted by molar-refractivity contribution is 0.0603. The van der Waals surface area contributed by atoms with Gasteiger partial charge >= 0.3 is 5.97 Å². The molecule has 0 aliphatic carbocycles. The summed E-state index contributed by atoms with van der Waals surface area (Å²) in [5, 5.41) is 1.38. The van der Waals surface area contributed by atoms with Crippen LogP contribution in [-0.2, 0) is 4.74 Å². The molecule has 2 aromatic rings. The highest BCUT2D eigenvalue weighted by Gasteiger charge is 2.12. The first-order chi connectivity index (χ1) is 6.74. The first kappa shape index (κ1) is 9.09. The third-order valence-electron chi connectivity index (χ3n) is 2.08. The zero-order valence-corrected chi connectivity index (χ0v) is 8.26. The number of nitrogens with one attached hydrogen (secondary N) is 1. The number of fused-ring (bicyclic) bond motifs is 1. The van der Waals surface area contributed by atoms with E-state index in [2.05, 4.69) is 9.72 Å². The Morgan fingerprint density at radius 3 is 2.93 bits per heavy atom. The summed E-state index contributed by atoms with van der Waals surface area (Å²) in [4.78, 5) is 14.3. The van der Waals surface area contributed by atoms with Crippen LogP contribution < -0.4 is 0 Å². The van der Waals surface area contributed by atoms with Crippen molar-refractivity contribution in [2.45, 2.75) is 0 Å². The van der Waals surface area contributed by atoms with Crippen LogP contribution in [0.25, 0.3) is 10.9 Å². The molecule has 1 heterocycles. The Morgan fingerprint density at radius 1 is 1.43 bits per heavy atom. The number of carbonyl (C=O) groups excluding carboxylic acids is 1. The van der Waals surface area contributed by atoms with Crippen LogP contribution in [0.4, 0.5) is 0 Å². The first-order valence-electron chi connectivity index (χ1n) is 4.08. The van der Waals surface area contributed by atoms with Gasteiger partial charge in [0.05, 0.1) is 23.2 Å². The highest BCUT2D eigenvalue weighted by atomic mass is 35.5. The molecule has 0 spiro atoms. The highest BCUT2D eigenvalue weighted by molar-refractivity contribution is 6.35. The Hall–Kier alpha value is -1.48. The van der Waals surface area contributed by atoms with Crippen LogP contribution in [0.3, 0.4) is 0 Å². The molecule has 3 nitrogen and oxygen atoms in total. The maximum absolute atomic E-state index is 11.4. The van der Waals surface area contributed by atoms with Crippen molar-refractivity contribution in [3.63, 3.8) is 0 Å². The monoisotopic (exact) mass is 209 g/mol. The Balaban J connectivity index is 2.72. The van der Waals surface area contributed by atoms with Crippen molar-refractivity contribution in [1.82, 2.24) is 4.98 Å². The van der Waals surface area contributed by atoms with E-state index < -0.39 is 0 Å². The molecule has 0 unspecified atom stereocenters. The molecule has 14 heavy (non-hydrogen) atoms. The highest BCUT2D eigenvalue weighted by Crippen LogP contribution is 2.25. The zero-order chi connectivity index (χ0) is 10.1. The van der Waals surface area contributed by atoms with Gasteiger partial charge in [-0.1, -0.05) is 11.6 Å². The second-order valence-electron chi connectivity index (χ2n) is 2.85. The lowest BCUT2D eigenvalue weighted by Gasteiger charge is -2.01. The van der Waals surface area contributed by atoms with Crippen molar-refractivity contribution in [1.29, 1.82) is 0 Å². The Bertz CT molecular complexity index is 490. The lowest BCUT2D eigenvalue weighted by Crippen LogP contribution is -2.01. The normalized spacial score (nSPS) is 10.4. The molecule has 72 valence electrons. The molecule has 2 rings (SSSR count). The van der Waals surface area contributed by atoms with Crippen molar-refractivity contribution in [2.75, 3.05) is 7.11 Å². The van der Waals surface area contributed by atoms with E-state index in [0.717, 1.165) is 10.9 Å². The third kappa shape index (κ3) is 1.26. The topological polar surface area (TPSA) is 42.1 Å². The van der Waals surface area contributed by atoms with Crippen LogP contribution in [0.2, 0.25) is 5.02 Å². The molecule has 0 atom stereocenters. The van der Waals surface area contributed by atoms with Gasteiger partial charge in [-0.2, -0.15) is 0 Å². The Morgan fingerprint density at radius 2 is 2.21 bits per heavy atom. The van der Waals surface area contributed by atoms with Gasteiger partial charge in [-0.25, -0.2) is 4.79 Å². The minimum atomic E-state index is -0.355. The van der Waals surface area contributed by atoms with Crippen LogP contribution >= 0.6 is 11.6 Å². The predicted octanol–water partition coefficient (Wildman–Crippen LogP) is 2.61. The summed E-state index contributed by atoms with van der Waals surface area (Å²) >= 11 is 5.93. The summed E-state index contributed by atoms with van der Waals surface area (Å²) in [6.07, 6.45) is 1.74. The van der Waals surface area contributed by atoms with Crippen LogP contribution in [0, 0.1) is 0 Å². The predicted molar refractivity (Wildman–Crippen MR) is 54.6 cm³/mol. The van der Waals surface area contributed by atoms with Crippen LogP contribution in [0.15, 0.2) is 24.4 Å². The van der Waals surface area contributed by atoms with Crippen LogP contribution in [0.5, 0.6) is 0 Å². The number of carbonyl (C=O) groups is 1. The number of hydrogen-bond acceptors (Lipinski definition) is 2. The average Bonchev–Trinajstić information content (AvgIpc) is 2.67. The number of aromatic nitrogens is 1. The van der Waals surface area contributed by atoms with Crippen molar-refractivity contribution >= 4 is 28.5 Å². The van der Waals surface area contributed by atoms with Gasteiger partial charge in [-0.15, -0.1) is 0 Å². The number of methoxy groups -OCH3 is 1. The molecule has 0 aliphatic rings. The van der Waals surface area contributed by atoms with E-state index in [1.54, 1.807) is 24.4 Å². The van der Waals surface area contributed by atoms with E-state index in [4.69, 9.17) is 11.6 Å². The number of benzene rings is 1. The molecule has 0 radical (unpaired) electrons. The molecule has 0 amide bonds. The summed E-state index contributed by atoms with van der Waals surface area (Å²) < 4.78 is 4.66. The van der Waals surface area contributed by atoms with E-state index in [1.165, 1.54) is 7.11 Å². The molecule has 0 fully saturated rings. The summed E-state index contributed by atoms with van der Waals surface area (Å²) in [6.45, 7) is 0.